The second kappa shape index (κ2) is 5.14. The number of aryl methyl sites for hydroxylation is 1. The van der Waals surface area contributed by atoms with Crippen molar-refractivity contribution in [2.45, 2.75) is 12.8 Å². The summed E-state index contributed by atoms with van der Waals surface area (Å²) in [6, 6.07) is 3.34. The van der Waals surface area contributed by atoms with Crippen LogP contribution in [0.5, 0.6) is 0 Å². The molecule has 0 unspecified atom stereocenters. The molecule has 0 atom stereocenters. The summed E-state index contributed by atoms with van der Waals surface area (Å²) in [5.41, 5.74) is 0. The van der Waals surface area contributed by atoms with E-state index in [0.29, 0.717) is 22.8 Å². The van der Waals surface area contributed by atoms with E-state index >= 15 is 0 Å². The van der Waals surface area contributed by atoms with E-state index in [1.54, 1.807) is 12.1 Å². The van der Waals surface area contributed by atoms with Gasteiger partial charge < -0.3 is 14.2 Å². The molecule has 6 heteroatoms. The lowest BCUT2D eigenvalue weighted by Crippen LogP contribution is -2.08. The van der Waals surface area contributed by atoms with Crippen molar-refractivity contribution < 1.29 is 8.83 Å². The normalized spacial score (nSPS) is 10.9. The Balaban J connectivity index is 2.02. The molecule has 0 fully saturated rings. The molecule has 0 saturated carbocycles. The van der Waals surface area contributed by atoms with Crippen molar-refractivity contribution in [3.05, 3.63) is 23.2 Å². The lowest BCUT2D eigenvalue weighted by atomic mass is 10.3. The number of nitrogens with zero attached hydrogens (tertiary/aromatic N) is 2. The Morgan fingerprint density at radius 3 is 2.88 bits per heavy atom. The Bertz CT molecular complexity index is 452. The fourth-order valence-corrected chi connectivity index (χ4v) is 1.45. The highest BCUT2D eigenvalue weighted by Gasteiger charge is 2.11. The van der Waals surface area contributed by atoms with Gasteiger partial charge in [0.25, 0.3) is 5.89 Å². The van der Waals surface area contributed by atoms with Crippen LogP contribution in [0, 0.1) is 0 Å². The SMILES string of the molecule is CNCCCc1nnc(-c2ccc(Cl)o2)o1. The maximum atomic E-state index is 5.65. The van der Waals surface area contributed by atoms with E-state index in [0.717, 1.165) is 19.4 Å². The summed E-state index contributed by atoms with van der Waals surface area (Å²) in [6.45, 7) is 0.921. The summed E-state index contributed by atoms with van der Waals surface area (Å²) in [5, 5.41) is 11.2. The average molecular weight is 242 g/mol. The van der Waals surface area contributed by atoms with Crippen LogP contribution in [0.3, 0.4) is 0 Å². The topological polar surface area (TPSA) is 64.1 Å². The van der Waals surface area contributed by atoms with Gasteiger partial charge in [-0.05, 0) is 43.7 Å². The highest BCUT2D eigenvalue weighted by Crippen LogP contribution is 2.23. The summed E-state index contributed by atoms with van der Waals surface area (Å²) >= 11 is 5.65. The molecular weight excluding hydrogens is 230 g/mol. The maximum absolute atomic E-state index is 5.65. The molecule has 2 aromatic heterocycles. The lowest BCUT2D eigenvalue weighted by molar-refractivity contribution is 0.473. The van der Waals surface area contributed by atoms with Gasteiger partial charge in [-0.1, -0.05) is 0 Å². The highest BCUT2D eigenvalue weighted by molar-refractivity contribution is 6.28. The average Bonchev–Trinajstić information content (AvgIpc) is 2.87. The number of halogens is 1. The van der Waals surface area contributed by atoms with Gasteiger partial charge in [-0.3, -0.25) is 0 Å². The Hall–Kier alpha value is -1.33. The van der Waals surface area contributed by atoms with Gasteiger partial charge in [-0.15, -0.1) is 10.2 Å². The predicted molar refractivity (Wildman–Crippen MR) is 59.3 cm³/mol. The number of rotatable bonds is 5. The van der Waals surface area contributed by atoms with Crippen LogP contribution in [0.25, 0.3) is 11.7 Å². The summed E-state index contributed by atoms with van der Waals surface area (Å²) in [4.78, 5) is 0. The van der Waals surface area contributed by atoms with Gasteiger partial charge in [-0.2, -0.15) is 0 Å². The van der Waals surface area contributed by atoms with Crippen LogP contribution in [0.15, 0.2) is 21.0 Å². The smallest absolute Gasteiger partial charge is 0.283 e. The van der Waals surface area contributed by atoms with E-state index in [-0.39, 0.29) is 0 Å². The second-order valence-corrected chi connectivity index (χ2v) is 3.68. The van der Waals surface area contributed by atoms with Gasteiger partial charge in [0, 0.05) is 6.42 Å². The third kappa shape index (κ3) is 2.62. The standard InChI is InChI=1S/C10H12ClN3O2/c1-12-6-2-3-9-13-14-10(16-9)7-4-5-8(11)15-7/h4-5,12H,2-3,6H2,1H3. The zero-order valence-electron chi connectivity index (χ0n) is 8.86. The molecule has 0 saturated heterocycles. The number of nitrogens with one attached hydrogen (secondary N) is 1. The van der Waals surface area contributed by atoms with Crippen LogP contribution in [-0.2, 0) is 6.42 Å². The molecule has 2 heterocycles. The molecule has 0 aromatic carbocycles. The molecule has 2 aromatic rings. The van der Waals surface area contributed by atoms with Crippen molar-refractivity contribution in [3.8, 4) is 11.7 Å². The number of furan rings is 1. The molecule has 0 aliphatic rings. The van der Waals surface area contributed by atoms with E-state index in [9.17, 15) is 0 Å². The number of hydrogen-bond donors (Lipinski definition) is 1. The molecule has 0 radical (unpaired) electrons. The summed E-state index contributed by atoms with van der Waals surface area (Å²) in [7, 11) is 1.91. The molecule has 0 aliphatic carbocycles. The molecule has 5 nitrogen and oxygen atoms in total. The zero-order chi connectivity index (χ0) is 11.4. The van der Waals surface area contributed by atoms with Crippen molar-refractivity contribution in [2.24, 2.45) is 0 Å². The zero-order valence-corrected chi connectivity index (χ0v) is 9.62. The molecule has 0 bridgehead atoms. The van der Waals surface area contributed by atoms with E-state index in [1.165, 1.54) is 0 Å². The van der Waals surface area contributed by atoms with E-state index in [4.69, 9.17) is 20.4 Å². The highest BCUT2D eigenvalue weighted by atomic mass is 35.5. The number of aromatic nitrogens is 2. The van der Waals surface area contributed by atoms with Crippen molar-refractivity contribution in [1.29, 1.82) is 0 Å². The molecular formula is C10H12ClN3O2. The molecule has 0 aliphatic heterocycles. The Morgan fingerprint density at radius 1 is 1.31 bits per heavy atom. The largest absolute Gasteiger partial charge is 0.440 e. The fourth-order valence-electron chi connectivity index (χ4n) is 1.30. The first-order chi connectivity index (χ1) is 7.79. The Morgan fingerprint density at radius 2 is 2.19 bits per heavy atom. The minimum Gasteiger partial charge on any atom is -0.440 e. The van der Waals surface area contributed by atoms with Crippen LogP contribution in [0.1, 0.15) is 12.3 Å². The van der Waals surface area contributed by atoms with Crippen LogP contribution in [0.4, 0.5) is 0 Å². The first-order valence-corrected chi connectivity index (χ1v) is 5.40. The van der Waals surface area contributed by atoms with Crippen LogP contribution < -0.4 is 5.32 Å². The van der Waals surface area contributed by atoms with Gasteiger partial charge in [0.05, 0.1) is 0 Å². The molecule has 0 amide bonds. The van der Waals surface area contributed by atoms with Gasteiger partial charge in [0.2, 0.25) is 5.89 Å². The summed E-state index contributed by atoms with van der Waals surface area (Å²) in [5.74, 6) is 1.47. The second-order valence-electron chi connectivity index (χ2n) is 3.31. The first-order valence-electron chi connectivity index (χ1n) is 5.02. The van der Waals surface area contributed by atoms with Gasteiger partial charge in [-0.25, -0.2) is 0 Å². The summed E-state index contributed by atoms with van der Waals surface area (Å²) < 4.78 is 10.6. The van der Waals surface area contributed by atoms with Crippen LogP contribution in [0.2, 0.25) is 5.22 Å². The quantitative estimate of drug-likeness (QED) is 0.813. The number of hydrogen-bond acceptors (Lipinski definition) is 5. The molecule has 2 rings (SSSR count). The predicted octanol–water partition coefficient (Wildman–Crippen LogP) is 2.13. The monoisotopic (exact) mass is 241 g/mol. The maximum Gasteiger partial charge on any atom is 0.283 e. The third-order valence-electron chi connectivity index (χ3n) is 2.07. The Kier molecular flexibility index (Phi) is 3.58. The van der Waals surface area contributed by atoms with Crippen molar-refractivity contribution >= 4 is 11.6 Å². The van der Waals surface area contributed by atoms with Crippen LogP contribution >= 0.6 is 11.6 Å². The molecule has 0 spiro atoms. The summed E-state index contributed by atoms with van der Waals surface area (Å²) in [6.07, 6.45) is 1.71. The van der Waals surface area contributed by atoms with Gasteiger partial charge in [0.1, 0.15) is 0 Å². The first kappa shape index (κ1) is 11.2. The minimum absolute atomic E-state index is 0.310. The Labute approximate surface area is 97.8 Å². The molecule has 1 N–H and O–H groups in total. The van der Waals surface area contributed by atoms with Crippen molar-refractivity contribution in [3.63, 3.8) is 0 Å². The lowest BCUT2D eigenvalue weighted by Gasteiger charge is -1.94. The van der Waals surface area contributed by atoms with Crippen LogP contribution in [-0.4, -0.2) is 23.8 Å². The molecule has 86 valence electrons. The van der Waals surface area contributed by atoms with E-state index in [2.05, 4.69) is 15.5 Å². The third-order valence-corrected chi connectivity index (χ3v) is 2.27. The van der Waals surface area contributed by atoms with Crippen molar-refractivity contribution in [2.75, 3.05) is 13.6 Å². The van der Waals surface area contributed by atoms with Gasteiger partial charge in [0.15, 0.2) is 11.0 Å². The minimum atomic E-state index is 0.310. The van der Waals surface area contributed by atoms with E-state index < -0.39 is 0 Å². The van der Waals surface area contributed by atoms with Gasteiger partial charge >= 0.3 is 0 Å². The fraction of sp³-hybridized carbons (Fsp3) is 0.400. The van der Waals surface area contributed by atoms with Crippen molar-refractivity contribution in [1.82, 2.24) is 15.5 Å². The van der Waals surface area contributed by atoms with E-state index in [1.807, 2.05) is 7.05 Å². The molecule has 16 heavy (non-hydrogen) atoms.